The van der Waals surface area contributed by atoms with Crippen molar-refractivity contribution in [1.29, 1.82) is 0 Å². The van der Waals surface area contributed by atoms with Gasteiger partial charge in [0, 0.05) is 23.4 Å². The number of halogens is 3. The highest BCUT2D eigenvalue weighted by atomic mass is 35.5. The van der Waals surface area contributed by atoms with Crippen LogP contribution in [0.5, 0.6) is 0 Å². The smallest absolute Gasteiger partial charge is 0.236 e. The average Bonchev–Trinajstić information content (AvgIpc) is 3.40. The molecule has 1 fully saturated rings. The van der Waals surface area contributed by atoms with E-state index in [2.05, 4.69) is 20.5 Å². The van der Waals surface area contributed by atoms with Crippen molar-refractivity contribution in [1.82, 2.24) is 19.7 Å². The molecule has 3 aromatic rings. The average molecular weight is 499 g/mol. The third kappa shape index (κ3) is 5.70. The molecule has 0 aliphatic carbocycles. The molecule has 2 aromatic heterocycles. The van der Waals surface area contributed by atoms with Crippen molar-refractivity contribution < 1.29 is 9.53 Å². The lowest BCUT2D eigenvalue weighted by molar-refractivity contribution is -0.113. The van der Waals surface area contributed by atoms with Crippen molar-refractivity contribution in [2.24, 2.45) is 0 Å². The molecule has 1 amide bonds. The molecule has 0 bridgehead atoms. The summed E-state index contributed by atoms with van der Waals surface area (Å²) in [5, 5.41) is 13.3. The Morgan fingerprint density at radius 1 is 1.19 bits per heavy atom. The molecule has 1 aliphatic heterocycles. The van der Waals surface area contributed by atoms with Crippen molar-refractivity contribution in [2.75, 3.05) is 17.7 Å². The molecule has 0 saturated carbocycles. The molecule has 162 valence electrons. The first-order chi connectivity index (χ1) is 15.0. The standard InChI is InChI=1S/C20H18Cl3N5O2S/c21-13-5-3-12(4-6-13)19-26-27-20(28(19)10-15-2-1-7-30-15)31-11-17(29)25-18-16(23)8-14(22)9-24-18/h3-6,8-9,15H,1-2,7,10-11H2,(H,24,25,29)/t15-/m0/s1. The minimum atomic E-state index is -0.263. The van der Waals surface area contributed by atoms with Gasteiger partial charge in [0.05, 0.1) is 28.4 Å². The highest BCUT2D eigenvalue weighted by molar-refractivity contribution is 7.99. The van der Waals surface area contributed by atoms with Gasteiger partial charge in [0.15, 0.2) is 16.8 Å². The molecule has 0 radical (unpaired) electrons. The van der Waals surface area contributed by atoms with Gasteiger partial charge in [-0.15, -0.1) is 10.2 Å². The Balaban J connectivity index is 1.50. The molecule has 3 heterocycles. The van der Waals surface area contributed by atoms with E-state index >= 15 is 0 Å². The van der Waals surface area contributed by atoms with Crippen molar-refractivity contribution >= 4 is 58.3 Å². The van der Waals surface area contributed by atoms with Crippen LogP contribution in [0.3, 0.4) is 0 Å². The van der Waals surface area contributed by atoms with Crippen LogP contribution in [0.2, 0.25) is 15.1 Å². The van der Waals surface area contributed by atoms with E-state index < -0.39 is 0 Å². The van der Waals surface area contributed by atoms with E-state index in [0.717, 1.165) is 25.0 Å². The molecule has 31 heavy (non-hydrogen) atoms. The van der Waals surface area contributed by atoms with Gasteiger partial charge in [-0.05, 0) is 43.2 Å². The van der Waals surface area contributed by atoms with E-state index in [4.69, 9.17) is 39.5 Å². The van der Waals surface area contributed by atoms with Crippen LogP contribution in [-0.4, -0.2) is 44.1 Å². The fraction of sp³-hybridized carbons (Fsp3) is 0.300. The van der Waals surface area contributed by atoms with Gasteiger partial charge >= 0.3 is 0 Å². The van der Waals surface area contributed by atoms with Crippen molar-refractivity contribution in [3.8, 4) is 11.4 Å². The Kier molecular flexibility index (Phi) is 7.35. The van der Waals surface area contributed by atoms with Crippen molar-refractivity contribution in [2.45, 2.75) is 30.6 Å². The minimum absolute atomic E-state index is 0.0901. The maximum Gasteiger partial charge on any atom is 0.236 e. The van der Waals surface area contributed by atoms with Crippen LogP contribution in [-0.2, 0) is 16.1 Å². The Morgan fingerprint density at radius 3 is 2.71 bits per heavy atom. The Labute approximate surface area is 198 Å². The molecule has 11 heteroatoms. The van der Waals surface area contributed by atoms with Gasteiger partial charge in [0.1, 0.15) is 0 Å². The quantitative estimate of drug-likeness (QED) is 0.450. The largest absolute Gasteiger partial charge is 0.376 e. The van der Waals surface area contributed by atoms with Gasteiger partial charge < -0.3 is 10.1 Å². The van der Waals surface area contributed by atoms with Crippen LogP contribution in [0, 0.1) is 0 Å². The van der Waals surface area contributed by atoms with E-state index in [9.17, 15) is 4.79 Å². The zero-order valence-corrected chi connectivity index (χ0v) is 19.3. The summed E-state index contributed by atoms with van der Waals surface area (Å²) in [4.78, 5) is 16.5. The number of carbonyl (C=O) groups is 1. The van der Waals surface area contributed by atoms with Gasteiger partial charge in [-0.2, -0.15) is 0 Å². The fourth-order valence-electron chi connectivity index (χ4n) is 3.17. The molecule has 4 rings (SSSR count). The fourth-order valence-corrected chi connectivity index (χ4v) is 4.47. The lowest BCUT2D eigenvalue weighted by atomic mass is 10.2. The number of rotatable bonds is 7. The second-order valence-corrected chi connectivity index (χ2v) is 9.10. The monoisotopic (exact) mass is 497 g/mol. The van der Waals surface area contributed by atoms with E-state index in [0.29, 0.717) is 27.6 Å². The molecule has 1 atom stereocenters. The van der Waals surface area contributed by atoms with Gasteiger partial charge in [0.25, 0.3) is 0 Å². The Bertz CT molecular complexity index is 1070. The molecule has 1 aliphatic rings. The molecule has 7 nitrogen and oxygen atoms in total. The topological polar surface area (TPSA) is 81.9 Å². The summed E-state index contributed by atoms with van der Waals surface area (Å²) < 4.78 is 7.79. The van der Waals surface area contributed by atoms with Crippen LogP contribution in [0.25, 0.3) is 11.4 Å². The van der Waals surface area contributed by atoms with Crippen molar-refractivity contribution in [3.05, 3.63) is 51.6 Å². The number of benzene rings is 1. The lowest BCUT2D eigenvalue weighted by Crippen LogP contribution is -2.18. The van der Waals surface area contributed by atoms with E-state index in [1.54, 1.807) is 0 Å². The van der Waals surface area contributed by atoms with Gasteiger partial charge in [-0.3, -0.25) is 9.36 Å². The van der Waals surface area contributed by atoms with Crippen LogP contribution >= 0.6 is 46.6 Å². The highest BCUT2D eigenvalue weighted by Crippen LogP contribution is 2.28. The number of pyridine rings is 1. The van der Waals surface area contributed by atoms with Crippen LogP contribution in [0.4, 0.5) is 5.82 Å². The molecular weight excluding hydrogens is 481 g/mol. The van der Waals surface area contributed by atoms with Crippen molar-refractivity contribution in [3.63, 3.8) is 0 Å². The molecule has 0 unspecified atom stereocenters. The molecule has 1 saturated heterocycles. The molecular formula is C20H18Cl3N5O2S. The number of amides is 1. The number of thioether (sulfide) groups is 1. The number of hydrogen-bond acceptors (Lipinski definition) is 6. The summed E-state index contributed by atoms with van der Waals surface area (Å²) >= 11 is 19.2. The summed E-state index contributed by atoms with van der Waals surface area (Å²) in [6.07, 6.45) is 3.52. The number of aromatic nitrogens is 4. The van der Waals surface area contributed by atoms with Gasteiger partial charge in [-0.1, -0.05) is 46.6 Å². The molecule has 1 aromatic carbocycles. The summed E-state index contributed by atoms with van der Waals surface area (Å²) in [6, 6.07) is 8.94. The van der Waals surface area contributed by atoms with Crippen LogP contribution in [0.1, 0.15) is 12.8 Å². The zero-order chi connectivity index (χ0) is 21.8. The predicted octanol–water partition coefficient (Wildman–Crippen LogP) is 5.21. The first-order valence-corrected chi connectivity index (χ1v) is 11.7. The SMILES string of the molecule is O=C(CSc1nnc(-c2ccc(Cl)cc2)n1C[C@@H]1CCCO1)Nc1ncc(Cl)cc1Cl. The lowest BCUT2D eigenvalue weighted by Gasteiger charge is -2.14. The minimum Gasteiger partial charge on any atom is -0.376 e. The van der Waals surface area contributed by atoms with E-state index in [-0.39, 0.29) is 28.6 Å². The number of nitrogens with zero attached hydrogens (tertiary/aromatic N) is 4. The second-order valence-electron chi connectivity index (χ2n) is 6.88. The summed E-state index contributed by atoms with van der Waals surface area (Å²) in [5.74, 6) is 0.823. The predicted molar refractivity (Wildman–Crippen MR) is 123 cm³/mol. The number of carbonyl (C=O) groups excluding carboxylic acids is 1. The molecule has 1 N–H and O–H groups in total. The number of nitrogens with one attached hydrogen (secondary N) is 1. The Morgan fingerprint density at radius 2 is 2.00 bits per heavy atom. The first-order valence-electron chi connectivity index (χ1n) is 9.54. The second kappa shape index (κ2) is 10.2. The third-order valence-electron chi connectivity index (χ3n) is 4.63. The summed E-state index contributed by atoms with van der Waals surface area (Å²) in [6.45, 7) is 1.36. The van der Waals surface area contributed by atoms with Gasteiger partial charge in [0.2, 0.25) is 5.91 Å². The maximum absolute atomic E-state index is 12.4. The number of ether oxygens (including phenoxy) is 1. The first kappa shape index (κ1) is 22.4. The van der Waals surface area contributed by atoms with Crippen LogP contribution < -0.4 is 5.32 Å². The third-order valence-corrected chi connectivity index (χ3v) is 6.34. The van der Waals surface area contributed by atoms with E-state index in [1.807, 2.05) is 28.8 Å². The summed E-state index contributed by atoms with van der Waals surface area (Å²) in [7, 11) is 0. The van der Waals surface area contributed by atoms with Gasteiger partial charge in [-0.25, -0.2) is 4.98 Å². The number of anilines is 1. The summed E-state index contributed by atoms with van der Waals surface area (Å²) in [5.41, 5.74) is 0.892. The Hall–Kier alpha value is -1.84. The molecule has 0 spiro atoms. The van der Waals surface area contributed by atoms with Crippen LogP contribution in [0.15, 0.2) is 41.7 Å². The van der Waals surface area contributed by atoms with E-state index in [1.165, 1.54) is 24.0 Å². The normalized spacial score (nSPS) is 15.9. The maximum atomic E-state index is 12.4. The number of hydrogen-bond donors (Lipinski definition) is 1. The highest BCUT2D eigenvalue weighted by Gasteiger charge is 2.22. The zero-order valence-electron chi connectivity index (χ0n) is 16.2.